The fourth-order valence-corrected chi connectivity index (χ4v) is 6.30. The van der Waals surface area contributed by atoms with Crippen molar-refractivity contribution >= 4 is 29.1 Å². The van der Waals surface area contributed by atoms with E-state index in [1.165, 1.54) is 35.5 Å². The zero-order valence-corrected chi connectivity index (χ0v) is 20.9. The Morgan fingerprint density at radius 3 is 2.40 bits per heavy atom. The van der Waals surface area contributed by atoms with Crippen molar-refractivity contribution in [1.29, 1.82) is 0 Å². The summed E-state index contributed by atoms with van der Waals surface area (Å²) in [6, 6.07) is 10.5. The van der Waals surface area contributed by atoms with Gasteiger partial charge in [-0.25, -0.2) is 0 Å². The molecular weight excluding hydrogens is 460 g/mol. The van der Waals surface area contributed by atoms with Crippen LogP contribution in [0.3, 0.4) is 0 Å². The van der Waals surface area contributed by atoms with E-state index < -0.39 is 0 Å². The molecule has 8 heteroatoms. The molecule has 35 heavy (non-hydrogen) atoms. The van der Waals surface area contributed by atoms with E-state index in [1.54, 1.807) is 35.1 Å². The molecular formula is C27H30N4O3S. The van der Waals surface area contributed by atoms with Crippen molar-refractivity contribution in [3.8, 4) is 11.3 Å². The minimum Gasteiger partial charge on any atom is -0.347 e. The molecule has 3 heterocycles. The smallest absolute Gasteiger partial charge is 0.261 e. The number of thiophene rings is 1. The fourth-order valence-electron chi connectivity index (χ4n) is 5.37. The largest absolute Gasteiger partial charge is 0.347 e. The van der Waals surface area contributed by atoms with Gasteiger partial charge in [0.25, 0.3) is 17.7 Å². The molecule has 7 nitrogen and oxygen atoms in total. The Labute approximate surface area is 209 Å². The van der Waals surface area contributed by atoms with Gasteiger partial charge in [0.05, 0.1) is 21.7 Å². The molecule has 0 unspecified atom stereocenters. The molecule has 0 spiro atoms. The highest BCUT2D eigenvalue weighted by Crippen LogP contribution is 2.32. The van der Waals surface area contributed by atoms with Crippen molar-refractivity contribution in [1.82, 2.24) is 20.0 Å². The predicted octanol–water partition coefficient (Wildman–Crippen LogP) is 4.82. The summed E-state index contributed by atoms with van der Waals surface area (Å²) >= 11 is 1.45. The number of carbonyl (C=O) groups is 3. The lowest BCUT2D eigenvalue weighted by atomic mass is 9.84. The van der Waals surface area contributed by atoms with Gasteiger partial charge in [0.2, 0.25) is 0 Å². The van der Waals surface area contributed by atoms with Gasteiger partial charge in [-0.3, -0.25) is 24.0 Å². The lowest BCUT2D eigenvalue weighted by Crippen LogP contribution is -2.46. The van der Waals surface area contributed by atoms with Crippen LogP contribution in [0.25, 0.3) is 11.3 Å². The molecule has 5 rings (SSSR count). The number of aromatic nitrogens is 2. The highest BCUT2D eigenvalue weighted by molar-refractivity contribution is 7.14. The van der Waals surface area contributed by atoms with Gasteiger partial charge < -0.3 is 5.32 Å². The molecule has 2 aromatic heterocycles. The molecule has 1 saturated carbocycles. The van der Waals surface area contributed by atoms with Crippen LogP contribution in [0.15, 0.2) is 42.6 Å². The van der Waals surface area contributed by atoms with Gasteiger partial charge in [0.15, 0.2) is 0 Å². The first-order chi connectivity index (χ1) is 16.9. The Bertz CT molecular complexity index is 1240. The number of nitrogens with zero attached hydrogens (tertiary/aromatic N) is 3. The topological polar surface area (TPSA) is 84.3 Å². The summed E-state index contributed by atoms with van der Waals surface area (Å²) < 4.78 is 1.80. The summed E-state index contributed by atoms with van der Waals surface area (Å²) in [5, 5.41) is 7.42. The van der Waals surface area contributed by atoms with Gasteiger partial charge in [0, 0.05) is 36.3 Å². The van der Waals surface area contributed by atoms with Crippen LogP contribution in [0.1, 0.15) is 73.8 Å². The van der Waals surface area contributed by atoms with E-state index in [2.05, 4.69) is 10.4 Å². The van der Waals surface area contributed by atoms with Gasteiger partial charge in [-0.2, -0.15) is 5.10 Å². The molecule has 0 saturated heterocycles. The maximum atomic E-state index is 13.4. The van der Waals surface area contributed by atoms with E-state index in [1.807, 2.05) is 26.1 Å². The molecule has 0 bridgehead atoms. The minimum absolute atomic E-state index is 0.163. The van der Waals surface area contributed by atoms with Crippen LogP contribution >= 0.6 is 11.3 Å². The Balaban J connectivity index is 1.36. The van der Waals surface area contributed by atoms with Crippen LogP contribution in [0.2, 0.25) is 0 Å². The van der Waals surface area contributed by atoms with E-state index in [9.17, 15) is 14.4 Å². The van der Waals surface area contributed by atoms with E-state index in [0.717, 1.165) is 35.4 Å². The van der Waals surface area contributed by atoms with Crippen LogP contribution < -0.4 is 5.32 Å². The quantitative estimate of drug-likeness (QED) is 0.481. The number of amides is 3. The van der Waals surface area contributed by atoms with Gasteiger partial charge in [0.1, 0.15) is 0 Å². The highest BCUT2D eigenvalue weighted by Gasteiger charge is 2.37. The standard InChI is InChI=1S/C27H30N4O3S/c1-17-22(23-12-13-28-30(23)2)15-24(35-17)25(32)29-19(14-18-8-4-3-5-9-18)16-31-26(33)20-10-6-7-11-21(20)27(31)34/h6-7,10-13,15,18-19H,3-5,8-9,14,16H2,1-2H3,(H,29,32)/t19-/m0/s1. The van der Waals surface area contributed by atoms with Crippen LogP contribution in [-0.4, -0.2) is 45.0 Å². The summed E-state index contributed by atoms with van der Waals surface area (Å²) in [4.78, 5) is 42.3. The molecule has 1 aromatic carbocycles. The van der Waals surface area contributed by atoms with Crippen LogP contribution in [0.4, 0.5) is 0 Å². The van der Waals surface area contributed by atoms with Gasteiger partial charge in [-0.15, -0.1) is 11.3 Å². The van der Waals surface area contributed by atoms with Crippen molar-refractivity contribution in [2.24, 2.45) is 13.0 Å². The third kappa shape index (κ3) is 4.67. The number of hydrogen-bond acceptors (Lipinski definition) is 5. The van der Waals surface area contributed by atoms with Crippen LogP contribution in [0.5, 0.6) is 0 Å². The number of fused-ring (bicyclic) bond motifs is 1. The molecule has 0 radical (unpaired) electrons. The van der Waals surface area contributed by atoms with Crippen molar-refractivity contribution in [2.45, 2.75) is 51.5 Å². The second kappa shape index (κ2) is 9.77. The van der Waals surface area contributed by atoms with E-state index >= 15 is 0 Å². The minimum atomic E-state index is -0.296. The monoisotopic (exact) mass is 490 g/mol. The maximum absolute atomic E-state index is 13.4. The van der Waals surface area contributed by atoms with E-state index in [4.69, 9.17) is 0 Å². The SMILES string of the molecule is Cc1sc(C(=O)N[C@@H](CC2CCCCC2)CN2C(=O)c3ccccc3C2=O)cc1-c1ccnn1C. The second-order valence-corrected chi connectivity index (χ2v) is 10.9. The van der Waals surface area contributed by atoms with Gasteiger partial charge in [-0.05, 0) is 43.5 Å². The molecule has 1 atom stereocenters. The van der Waals surface area contributed by atoms with Gasteiger partial charge >= 0.3 is 0 Å². The molecule has 1 aliphatic heterocycles. The van der Waals surface area contributed by atoms with Crippen molar-refractivity contribution in [3.05, 3.63) is 63.5 Å². The summed E-state index contributed by atoms with van der Waals surface area (Å²) in [6.07, 6.45) is 8.38. The lowest BCUT2D eigenvalue weighted by molar-refractivity contribution is 0.0620. The molecule has 1 fully saturated rings. The fraction of sp³-hybridized carbons (Fsp3) is 0.407. The van der Waals surface area contributed by atoms with Crippen molar-refractivity contribution in [2.75, 3.05) is 6.54 Å². The molecule has 2 aliphatic rings. The van der Waals surface area contributed by atoms with Crippen molar-refractivity contribution < 1.29 is 14.4 Å². The Morgan fingerprint density at radius 1 is 1.09 bits per heavy atom. The zero-order chi connectivity index (χ0) is 24.5. The van der Waals surface area contributed by atoms with Crippen LogP contribution in [-0.2, 0) is 7.05 Å². The summed E-state index contributed by atoms with van der Waals surface area (Å²) in [7, 11) is 1.88. The molecule has 182 valence electrons. The summed E-state index contributed by atoms with van der Waals surface area (Å²) in [5.74, 6) is -0.235. The second-order valence-electron chi connectivity index (χ2n) is 9.60. The first-order valence-corrected chi connectivity index (χ1v) is 13.1. The number of hydrogen-bond donors (Lipinski definition) is 1. The Hall–Kier alpha value is -3.26. The number of aryl methyl sites for hydroxylation is 2. The van der Waals surface area contributed by atoms with E-state index in [-0.39, 0.29) is 30.3 Å². The number of imide groups is 1. The van der Waals surface area contributed by atoms with Gasteiger partial charge in [-0.1, -0.05) is 44.2 Å². The third-order valence-corrected chi connectivity index (χ3v) is 8.25. The first-order valence-electron chi connectivity index (χ1n) is 12.3. The first kappa shape index (κ1) is 23.5. The predicted molar refractivity (Wildman–Crippen MR) is 136 cm³/mol. The third-order valence-electron chi connectivity index (χ3n) is 7.20. The van der Waals surface area contributed by atoms with Crippen molar-refractivity contribution in [3.63, 3.8) is 0 Å². The Kier molecular flexibility index (Phi) is 6.56. The highest BCUT2D eigenvalue weighted by atomic mass is 32.1. The number of nitrogens with one attached hydrogen (secondary N) is 1. The molecule has 3 amide bonds. The number of carbonyl (C=O) groups excluding carboxylic acids is 3. The molecule has 3 aromatic rings. The summed E-state index contributed by atoms with van der Waals surface area (Å²) in [6.45, 7) is 2.19. The summed E-state index contributed by atoms with van der Waals surface area (Å²) in [5.41, 5.74) is 2.83. The lowest BCUT2D eigenvalue weighted by Gasteiger charge is -2.29. The Morgan fingerprint density at radius 2 is 1.77 bits per heavy atom. The molecule has 1 N–H and O–H groups in total. The normalized spacial score (nSPS) is 17.0. The number of benzene rings is 1. The maximum Gasteiger partial charge on any atom is 0.261 e. The zero-order valence-electron chi connectivity index (χ0n) is 20.1. The average molecular weight is 491 g/mol. The van der Waals surface area contributed by atoms with Crippen LogP contribution in [0, 0.1) is 12.8 Å². The number of rotatable bonds is 7. The van der Waals surface area contributed by atoms with E-state index in [0.29, 0.717) is 21.9 Å². The molecule has 1 aliphatic carbocycles. The average Bonchev–Trinajstić information content (AvgIpc) is 3.52.